The summed E-state index contributed by atoms with van der Waals surface area (Å²) in [5.41, 5.74) is 2.59. The van der Waals surface area contributed by atoms with Crippen molar-refractivity contribution in [2.45, 2.75) is 26.7 Å². The Morgan fingerprint density at radius 1 is 0.933 bits per heavy atom. The van der Waals surface area contributed by atoms with Crippen LogP contribution in [0.3, 0.4) is 0 Å². The number of hydrogen-bond donors (Lipinski definition) is 0. The fourth-order valence-corrected chi connectivity index (χ4v) is 14.7. The molecule has 0 heterocycles. The van der Waals surface area contributed by atoms with Gasteiger partial charge in [0.05, 0.1) is 0 Å². The molecule has 15 heavy (non-hydrogen) atoms. The minimum absolute atomic E-state index is 0.963. The van der Waals surface area contributed by atoms with E-state index in [1.165, 1.54) is 19.1 Å². The van der Waals surface area contributed by atoms with E-state index in [-0.39, 0.29) is 0 Å². The van der Waals surface area contributed by atoms with Crippen LogP contribution in [0.4, 0.5) is 0 Å². The number of halogens is 2. The van der Waals surface area contributed by atoms with Crippen molar-refractivity contribution in [3.63, 3.8) is 0 Å². The first-order valence-corrected chi connectivity index (χ1v) is 15.2. The Kier molecular flexibility index (Phi) is 3.31. The molecule has 0 saturated carbocycles. The predicted molar refractivity (Wildman–Crippen MR) is 64.6 cm³/mol. The van der Waals surface area contributed by atoms with Gasteiger partial charge >= 0.3 is 103 Å². The molecule has 0 amide bonds. The van der Waals surface area contributed by atoms with Gasteiger partial charge in [-0.1, -0.05) is 0 Å². The molecular formula is C12H14Cl2W. The molecule has 0 spiro atoms. The van der Waals surface area contributed by atoms with Crippen molar-refractivity contribution in [2.75, 3.05) is 0 Å². The Balaban J connectivity index is 2.37. The summed E-state index contributed by atoms with van der Waals surface area (Å²) in [5.74, 6) is 0. The summed E-state index contributed by atoms with van der Waals surface area (Å²) in [6.45, 7) is 4.24. The summed E-state index contributed by atoms with van der Waals surface area (Å²) in [6, 6.07) is 0. The van der Waals surface area contributed by atoms with Crippen molar-refractivity contribution < 1.29 is 14.0 Å². The van der Waals surface area contributed by atoms with Crippen LogP contribution in [0.1, 0.15) is 26.7 Å². The molecule has 0 unspecified atom stereocenters. The van der Waals surface area contributed by atoms with Gasteiger partial charge in [0.25, 0.3) is 0 Å². The molecule has 2 rings (SSSR count). The van der Waals surface area contributed by atoms with Gasteiger partial charge in [0.2, 0.25) is 0 Å². The van der Waals surface area contributed by atoms with Gasteiger partial charge in [-0.2, -0.15) is 0 Å². The van der Waals surface area contributed by atoms with Gasteiger partial charge < -0.3 is 0 Å². The zero-order chi connectivity index (χ0) is 11.1. The molecule has 3 heteroatoms. The van der Waals surface area contributed by atoms with Gasteiger partial charge in [0.15, 0.2) is 0 Å². The van der Waals surface area contributed by atoms with E-state index in [1.54, 1.807) is 0 Å². The van der Waals surface area contributed by atoms with Gasteiger partial charge in [-0.05, 0) is 0 Å². The third kappa shape index (κ3) is 2.05. The van der Waals surface area contributed by atoms with Crippen LogP contribution in [0.2, 0.25) is 0 Å². The number of rotatable bonds is 2. The number of hydrogen-bond acceptors (Lipinski definition) is 0. The molecule has 0 bridgehead atoms. The molecule has 0 nitrogen and oxygen atoms in total. The second-order valence-corrected chi connectivity index (χ2v) is 19.7. The fraction of sp³-hybridized carbons (Fsp3) is 0.333. The van der Waals surface area contributed by atoms with Crippen molar-refractivity contribution >= 4 is 18.8 Å². The van der Waals surface area contributed by atoms with E-state index >= 15 is 0 Å². The molecule has 0 N–H and O–H groups in total. The third-order valence-corrected chi connectivity index (χ3v) is 16.9. The first-order valence-electron chi connectivity index (χ1n) is 4.98. The average Bonchev–Trinajstić information content (AvgIpc) is 2.73. The van der Waals surface area contributed by atoms with Gasteiger partial charge in [-0.25, -0.2) is 0 Å². The van der Waals surface area contributed by atoms with Gasteiger partial charge in [0.1, 0.15) is 0 Å². The minimum atomic E-state index is -3.17. The quantitative estimate of drug-likeness (QED) is 0.604. The Labute approximate surface area is 102 Å². The van der Waals surface area contributed by atoms with Gasteiger partial charge in [-0.15, -0.1) is 0 Å². The first kappa shape index (κ1) is 11.7. The summed E-state index contributed by atoms with van der Waals surface area (Å²) in [5, 5.41) is 0. The van der Waals surface area contributed by atoms with Crippen LogP contribution in [0.15, 0.2) is 43.4 Å². The molecule has 0 aromatic rings. The Bertz CT molecular complexity index is 373. The third-order valence-electron chi connectivity index (χ3n) is 2.84. The van der Waals surface area contributed by atoms with Crippen LogP contribution in [0.5, 0.6) is 0 Å². The summed E-state index contributed by atoms with van der Waals surface area (Å²) < 4.78 is 2.67. The maximum atomic E-state index is 6.72. The SMILES string of the molecule is CC1=[C]([W]([Cl])([Cl])[C]2=C(C)C=CC2)CC=C1. The van der Waals surface area contributed by atoms with Crippen LogP contribution in [-0.2, 0) is 14.0 Å². The van der Waals surface area contributed by atoms with E-state index < -0.39 is 14.0 Å². The predicted octanol–water partition coefficient (Wildman–Crippen LogP) is 4.92. The molecule has 0 aromatic heterocycles. The van der Waals surface area contributed by atoms with Crippen LogP contribution in [-0.4, -0.2) is 0 Å². The van der Waals surface area contributed by atoms with E-state index in [0.29, 0.717) is 0 Å². The van der Waals surface area contributed by atoms with Gasteiger partial charge in [0, 0.05) is 0 Å². The average molecular weight is 413 g/mol. The molecule has 2 aliphatic rings. The van der Waals surface area contributed by atoms with Crippen LogP contribution < -0.4 is 0 Å². The normalized spacial score (nSPS) is 22.1. The molecule has 0 radical (unpaired) electrons. The summed E-state index contributed by atoms with van der Waals surface area (Å²) in [6.07, 6.45) is 10.5. The second-order valence-electron chi connectivity index (χ2n) is 3.89. The zero-order valence-electron chi connectivity index (χ0n) is 8.89. The van der Waals surface area contributed by atoms with E-state index in [0.717, 1.165) is 12.8 Å². The monoisotopic (exact) mass is 412 g/mol. The maximum absolute atomic E-state index is 6.72. The van der Waals surface area contributed by atoms with E-state index in [1.807, 2.05) is 0 Å². The van der Waals surface area contributed by atoms with Crippen molar-refractivity contribution in [3.8, 4) is 0 Å². The summed E-state index contributed by atoms with van der Waals surface area (Å²) in [4.78, 5) is 0. The van der Waals surface area contributed by atoms with Crippen molar-refractivity contribution in [1.82, 2.24) is 0 Å². The Hall–Kier alpha value is 0.228. The molecular weight excluding hydrogens is 399 g/mol. The molecule has 0 aromatic carbocycles. The first-order chi connectivity index (χ1) is 7.03. The van der Waals surface area contributed by atoms with E-state index in [9.17, 15) is 0 Å². The van der Waals surface area contributed by atoms with Crippen molar-refractivity contribution in [3.05, 3.63) is 43.4 Å². The molecule has 0 aliphatic heterocycles. The number of allylic oxidation sites excluding steroid dienone is 8. The topological polar surface area (TPSA) is 0 Å². The Morgan fingerprint density at radius 3 is 1.60 bits per heavy atom. The standard InChI is InChI=1S/2C6H7.2ClH.W/c2*1-6-4-2-3-5-6;;;/h2*2,4H,3H2,1H3;2*1H;/q;;;;+2/p-2. The van der Waals surface area contributed by atoms with Crippen molar-refractivity contribution in [1.29, 1.82) is 0 Å². The van der Waals surface area contributed by atoms with Crippen LogP contribution >= 0.6 is 18.8 Å². The van der Waals surface area contributed by atoms with Crippen molar-refractivity contribution in [2.24, 2.45) is 0 Å². The Morgan fingerprint density at radius 2 is 1.33 bits per heavy atom. The van der Waals surface area contributed by atoms with Crippen LogP contribution in [0, 0.1) is 0 Å². The molecule has 0 saturated heterocycles. The van der Waals surface area contributed by atoms with Gasteiger partial charge in [-0.3, -0.25) is 0 Å². The van der Waals surface area contributed by atoms with E-state index in [4.69, 9.17) is 18.8 Å². The molecule has 2 aliphatic carbocycles. The zero-order valence-corrected chi connectivity index (χ0v) is 13.3. The fourth-order valence-electron chi connectivity index (χ4n) is 1.96. The molecule has 0 atom stereocenters. The summed E-state index contributed by atoms with van der Waals surface area (Å²) >= 11 is -3.17. The van der Waals surface area contributed by atoms with Crippen LogP contribution in [0.25, 0.3) is 0 Å². The van der Waals surface area contributed by atoms with E-state index in [2.05, 4.69) is 38.2 Å². The molecule has 0 fully saturated rings. The summed E-state index contributed by atoms with van der Waals surface area (Å²) in [7, 11) is 13.4. The molecule has 82 valence electrons. The second kappa shape index (κ2) is 4.24.